The van der Waals surface area contributed by atoms with Crippen LogP contribution in [0, 0.1) is 0 Å². The van der Waals surface area contributed by atoms with Gasteiger partial charge in [-0.2, -0.15) is 0 Å². The molecule has 1 aromatic heterocycles. The molecule has 0 unspecified atom stereocenters. The van der Waals surface area contributed by atoms with E-state index in [9.17, 15) is 9.59 Å². The number of aromatic nitrogens is 1. The van der Waals surface area contributed by atoms with E-state index in [1.165, 1.54) is 13.3 Å². The number of para-hydroxylation sites is 1. The Morgan fingerprint density at radius 1 is 1.00 bits per heavy atom. The molecule has 0 atom stereocenters. The molecule has 0 aliphatic carbocycles. The average molecular weight is 391 g/mol. The lowest BCUT2D eigenvalue weighted by molar-refractivity contribution is 0.0601. The van der Waals surface area contributed by atoms with Crippen LogP contribution in [0.15, 0.2) is 60.9 Å². The number of anilines is 3. The van der Waals surface area contributed by atoms with E-state index < -0.39 is 5.97 Å². The standard InChI is InChI=1S/C21H17N3O5/c1-27-21(26)16-4-2-3-5-17(16)23-15-8-13(10-22-11-15)20(25)24-14-6-7-18-19(9-14)29-12-28-18/h2-11,23H,12H2,1H3,(H,24,25). The van der Waals surface area contributed by atoms with Crippen LogP contribution in [-0.4, -0.2) is 30.8 Å². The summed E-state index contributed by atoms with van der Waals surface area (Å²) in [6.45, 7) is 0.164. The average Bonchev–Trinajstić information content (AvgIpc) is 3.21. The third kappa shape index (κ3) is 3.96. The lowest BCUT2D eigenvalue weighted by Gasteiger charge is -2.11. The van der Waals surface area contributed by atoms with E-state index in [4.69, 9.17) is 14.2 Å². The third-order valence-electron chi connectivity index (χ3n) is 4.24. The molecule has 1 aliphatic heterocycles. The Hall–Kier alpha value is -4.07. The van der Waals surface area contributed by atoms with Crippen molar-refractivity contribution in [1.82, 2.24) is 4.98 Å². The zero-order valence-electron chi connectivity index (χ0n) is 15.5. The van der Waals surface area contributed by atoms with Crippen molar-refractivity contribution in [3.8, 4) is 11.5 Å². The molecule has 1 aliphatic rings. The number of amides is 1. The fourth-order valence-corrected chi connectivity index (χ4v) is 2.85. The molecule has 4 rings (SSSR count). The van der Waals surface area contributed by atoms with Crippen LogP contribution in [0.5, 0.6) is 11.5 Å². The van der Waals surface area contributed by atoms with Crippen LogP contribution in [0.2, 0.25) is 0 Å². The first-order valence-electron chi connectivity index (χ1n) is 8.74. The monoisotopic (exact) mass is 391 g/mol. The molecule has 2 aromatic carbocycles. The third-order valence-corrected chi connectivity index (χ3v) is 4.24. The van der Waals surface area contributed by atoms with E-state index >= 15 is 0 Å². The number of hydrogen-bond donors (Lipinski definition) is 2. The molecule has 146 valence electrons. The predicted octanol–water partition coefficient (Wildman–Crippen LogP) is 3.59. The molecular formula is C21H17N3O5. The Balaban J connectivity index is 1.52. The highest BCUT2D eigenvalue weighted by Crippen LogP contribution is 2.34. The summed E-state index contributed by atoms with van der Waals surface area (Å²) in [6.07, 6.45) is 3.02. The van der Waals surface area contributed by atoms with E-state index in [0.717, 1.165) is 0 Å². The van der Waals surface area contributed by atoms with Crippen molar-refractivity contribution in [2.24, 2.45) is 0 Å². The summed E-state index contributed by atoms with van der Waals surface area (Å²) in [5.74, 6) is 0.426. The first kappa shape index (κ1) is 18.3. The molecule has 0 saturated heterocycles. The molecule has 1 amide bonds. The fourth-order valence-electron chi connectivity index (χ4n) is 2.85. The number of carbonyl (C=O) groups excluding carboxylic acids is 2. The van der Waals surface area contributed by atoms with Gasteiger partial charge in [0.1, 0.15) is 0 Å². The molecule has 2 heterocycles. The maximum Gasteiger partial charge on any atom is 0.339 e. The van der Waals surface area contributed by atoms with Gasteiger partial charge in [0.2, 0.25) is 6.79 Å². The Morgan fingerprint density at radius 2 is 1.83 bits per heavy atom. The second-order valence-corrected chi connectivity index (χ2v) is 6.15. The summed E-state index contributed by atoms with van der Waals surface area (Å²) in [4.78, 5) is 28.6. The van der Waals surface area contributed by atoms with Gasteiger partial charge in [0.05, 0.1) is 35.8 Å². The molecule has 3 aromatic rings. The Kier molecular flexibility index (Phi) is 4.98. The van der Waals surface area contributed by atoms with Crippen molar-refractivity contribution >= 4 is 28.9 Å². The number of nitrogens with zero attached hydrogens (tertiary/aromatic N) is 1. The maximum atomic E-state index is 12.6. The van der Waals surface area contributed by atoms with Crippen molar-refractivity contribution in [3.05, 3.63) is 72.1 Å². The fraction of sp³-hybridized carbons (Fsp3) is 0.0952. The molecule has 0 radical (unpaired) electrons. The van der Waals surface area contributed by atoms with Gasteiger partial charge in [-0.1, -0.05) is 12.1 Å². The minimum Gasteiger partial charge on any atom is -0.465 e. The molecular weight excluding hydrogens is 374 g/mol. The molecule has 0 bridgehead atoms. The van der Waals surface area contributed by atoms with E-state index in [0.29, 0.717) is 39.7 Å². The van der Waals surface area contributed by atoms with E-state index in [2.05, 4.69) is 15.6 Å². The summed E-state index contributed by atoms with van der Waals surface area (Å²) in [7, 11) is 1.32. The van der Waals surface area contributed by atoms with E-state index in [-0.39, 0.29) is 12.7 Å². The van der Waals surface area contributed by atoms with Crippen LogP contribution in [0.4, 0.5) is 17.1 Å². The van der Waals surface area contributed by atoms with Gasteiger partial charge < -0.3 is 24.8 Å². The number of benzene rings is 2. The second kappa shape index (κ2) is 7.89. The number of pyridine rings is 1. The first-order chi connectivity index (χ1) is 14.1. The second-order valence-electron chi connectivity index (χ2n) is 6.15. The molecule has 2 N–H and O–H groups in total. The van der Waals surface area contributed by atoms with Crippen LogP contribution in [-0.2, 0) is 4.74 Å². The number of fused-ring (bicyclic) bond motifs is 1. The quantitative estimate of drug-likeness (QED) is 0.641. The predicted molar refractivity (Wildman–Crippen MR) is 106 cm³/mol. The van der Waals surface area contributed by atoms with Crippen molar-refractivity contribution < 1.29 is 23.8 Å². The number of rotatable bonds is 5. The van der Waals surface area contributed by atoms with Gasteiger partial charge >= 0.3 is 5.97 Å². The lowest BCUT2D eigenvalue weighted by atomic mass is 10.1. The van der Waals surface area contributed by atoms with E-state index in [1.807, 2.05) is 0 Å². The van der Waals surface area contributed by atoms with Crippen LogP contribution >= 0.6 is 0 Å². The van der Waals surface area contributed by atoms with Crippen LogP contribution in [0.25, 0.3) is 0 Å². The molecule has 0 spiro atoms. The summed E-state index contributed by atoms with van der Waals surface area (Å²) < 4.78 is 15.4. The summed E-state index contributed by atoms with van der Waals surface area (Å²) in [6, 6.07) is 13.7. The van der Waals surface area contributed by atoms with Gasteiger partial charge in [-0.15, -0.1) is 0 Å². The molecule has 8 heteroatoms. The Morgan fingerprint density at radius 3 is 2.69 bits per heavy atom. The first-order valence-corrected chi connectivity index (χ1v) is 8.74. The molecule has 8 nitrogen and oxygen atoms in total. The minimum absolute atomic E-state index is 0.164. The van der Waals surface area contributed by atoms with Crippen molar-refractivity contribution in [2.45, 2.75) is 0 Å². The summed E-state index contributed by atoms with van der Waals surface area (Å²) in [5.41, 5.74) is 2.41. The number of esters is 1. The highest BCUT2D eigenvalue weighted by Gasteiger charge is 2.16. The minimum atomic E-state index is -0.460. The number of ether oxygens (including phenoxy) is 3. The number of hydrogen-bond acceptors (Lipinski definition) is 7. The Bertz CT molecular complexity index is 1080. The molecule has 0 saturated carbocycles. The van der Waals surface area contributed by atoms with E-state index in [1.54, 1.807) is 54.7 Å². The zero-order chi connectivity index (χ0) is 20.2. The lowest BCUT2D eigenvalue weighted by Crippen LogP contribution is -2.12. The topological polar surface area (TPSA) is 98.8 Å². The normalized spacial score (nSPS) is 11.6. The smallest absolute Gasteiger partial charge is 0.339 e. The highest BCUT2D eigenvalue weighted by atomic mass is 16.7. The SMILES string of the molecule is COC(=O)c1ccccc1Nc1cncc(C(=O)Nc2ccc3c(c2)OCO3)c1. The highest BCUT2D eigenvalue weighted by molar-refractivity contribution is 6.05. The Labute approximate surface area is 166 Å². The number of carbonyl (C=O) groups is 2. The van der Waals surface area contributed by atoms with Gasteiger partial charge in [-0.25, -0.2) is 4.79 Å². The van der Waals surface area contributed by atoms with Crippen molar-refractivity contribution in [1.29, 1.82) is 0 Å². The molecule has 0 fully saturated rings. The van der Waals surface area contributed by atoms with Crippen LogP contribution in [0.1, 0.15) is 20.7 Å². The maximum absolute atomic E-state index is 12.6. The van der Waals surface area contributed by atoms with Gasteiger partial charge in [0, 0.05) is 18.0 Å². The number of methoxy groups -OCH3 is 1. The zero-order valence-corrected chi connectivity index (χ0v) is 15.5. The summed E-state index contributed by atoms with van der Waals surface area (Å²) in [5, 5.41) is 5.90. The van der Waals surface area contributed by atoms with Gasteiger partial charge in [0.25, 0.3) is 5.91 Å². The van der Waals surface area contributed by atoms with Crippen molar-refractivity contribution in [2.75, 3.05) is 24.5 Å². The van der Waals surface area contributed by atoms with Crippen LogP contribution < -0.4 is 20.1 Å². The molecule has 29 heavy (non-hydrogen) atoms. The van der Waals surface area contributed by atoms with Crippen molar-refractivity contribution in [3.63, 3.8) is 0 Å². The van der Waals surface area contributed by atoms with Gasteiger partial charge in [-0.3, -0.25) is 9.78 Å². The largest absolute Gasteiger partial charge is 0.465 e. The van der Waals surface area contributed by atoms with Crippen LogP contribution in [0.3, 0.4) is 0 Å². The summed E-state index contributed by atoms with van der Waals surface area (Å²) >= 11 is 0. The van der Waals surface area contributed by atoms with Gasteiger partial charge in [-0.05, 0) is 30.3 Å². The van der Waals surface area contributed by atoms with Gasteiger partial charge in [0.15, 0.2) is 11.5 Å². The number of nitrogens with one attached hydrogen (secondary N) is 2.